The van der Waals surface area contributed by atoms with E-state index in [1.165, 1.54) is 37.6 Å². The van der Waals surface area contributed by atoms with Crippen LogP contribution in [0.3, 0.4) is 0 Å². The van der Waals surface area contributed by atoms with Gasteiger partial charge in [0.1, 0.15) is 4.21 Å². The van der Waals surface area contributed by atoms with Crippen LogP contribution in [0, 0.1) is 10.1 Å². The van der Waals surface area contributed by atoms with Crippen molar-refractivity contribution in [1.82, 2.24) is 4.83 Å². The molecule has 1 heterocycles. The first kappa shape index (κ1) is 15.9. The highest BCUT2D eigenvalue weighted by atomic mass is 32.2. The topological polar surface area (TPSA) is 111 Å². The number of nitro groups is 1. The summed E-state index contributed by atoms with van der Waals surface area (Å²) in [7, 11) is -2.39. The van der Waals surface area contributed by atoms with Crippen molar-refractivity contribution in [3.63, 3.8) is 0 Å². The highest BCUT2D eigenvalue weighted by molar-refractivity contribution is 7.91. The zero-order valence-corrected chi connectivity index (χ0v) is 12.9. The van der Waals surface area contributed by atoms with Gasteiger partial charge in [-0.05, 0) is 23.6 Å². The van der Waals surface area contributed by atoms with Crippen molar-refractivity contribution in [1.29, 1.82) is 0 Å². The molecular weight excluding hydrogens is 330 g/mol. The van der Waals surface area contributed by atoms with Crippen molar-refractivity contribution >= 4 is 33.3 Å². The van der Waals surface area contributed by atoms with Crippen LogP contribution in [0.4, 0.5) is 5.69 Å². The van der Waals surface area contributed by atoms with Crippen molar-refractivity contribution < 1.29 is 18.1 Å². The molecule has 10 heteroatoms. The third kappa shape index (κ3) is 3.59. The van der Waals surface area contributed by atoms with Gasteiger partial charge in [-0.15, -0.1) is 11.3 Å². The molecule has 116 valence electrons. The van der Waals surface area contributed by atoms with Crippen LogP contribution in [0.25, 0.3) is 0 Å². The van der Waals surface area contributed by atoms with Crippen LogP contribution in [-0.2, 0) is 10.0 Å². The van der Waals surface area contributed by atoms with E-state index in [0.29, 0.717) is 5.56 Å². The van der Waals surface area contributed by atoms with Gasteiger partial charge >= 0.3 is 5.69 Å². The number of ether oxygens (including phenoxy) is 1. The molecule has 0 saturated heterocycles. The summed E-state index contributed by atoms with van der Waals surface area (Å²) in [4.78, 5) is 12.3. The lowest BCUT2D eigenvalue weighted by molar-refractivity contribution is -0.385. The maximum atomic E-state index is 11.8. The smallest absolute Gasteiger partial charge is 0.311 e. The van der Waals surface area contributed by atoms with E-state index in [0.717, 1.165) is 11.3 Å². The van der Waals surface area contributed by atoms with Gasteiger partial charge in [-0.1, -0.05) is 6.07 Å². The molecule has 1 aromatic carbocycles. The first-order valence-electron chi connectivity index (χ1n) is 5.85. The summed E-state index contributed by atoms with van der Waals surface area (Å²) in [6, 6.07) is 7.22. The summed E-state index contributed by atoms with van der Waals surface area (Å²) in [5.74, 6) is 0.112. The molecule has 0 atom stereocenters. The van der Waals surface area contributed by atoms with Gasteiger partial charge in [-0.3, -0.25) is 10.1 Å². The quantitative estimate of drug-likeness (QED) is 0.490. The molecule has 0 saturated carbocycles. The van der Waals surface area contributed by atoms with E-state index in [9.17, 15) is 18.5 Å². The number of nitrogens with one attached hydrogen (secondary N) is 1. The molecule has 0 radical (unpaired) electrons. The first-order valence-corrected chi connectivity index (χ1v) is 8.21. The van der Waals surface area contributed by atoms with Gasteiger partial charge in [0.25, 0.3) is 10.0 Å². The number of hydrogen-bond donors (Lipinski definition) is 1. The molecule has 0 aliphatic carbocycles. The highest BCUT2D eigenvalue weighted by Crippen LogP contribution is 2.26. The number of hydrazone groups is 1. The molecular formula is C12H11N3O5S2. The van der Waals surface area contributed by atoms with Crippen molar-refractivity contribution in [2.24, 2.45) is 5.10 Å². The molecule has 1 N–H and O–H groups in total. The van der Waals surface area contributed by atoms with Gasteiger partial charge in [0.2, 0.25) is 0 Å². The summed E-state index contributed by atoms with van der Waals surface area (Å²) < 4.78 is 28.6. The Morgan fingerprint density at radius 3 is 2.77 bits per heavy atom. The van der Waals surface area contributed by atoms with Crippen molar-refractivity contribution in [2.45, 2.75) is 4.21 Å². The fourth-order valence-corrected chi connectivity index (χ4v) is 3.33. The van der Waals surface area contributed by atoms with Gasteiger partial charge in [0.05, 0.1) is 18.2 Å². The standard InChI is InChI=1S/C12H11N3O5S2/c1-20-11-5-4-9(7-10(11)15(16)17)8-13-14-22(18,19)12-3-2-6-21-12/h2-8,14H,1H3/b13-8+. The van der Waals surface area contributed by atoms with Crippen molar-refractivity contribution in [2.75, 3.05) is 7.11 Å². The molecule has 1 aromatic heterocycles. The molecule has 2 rings (SSSR count). The van der Waals surface area contributed by atoms with Crippen LogP contribution in [0.15, 0.2) is 45.0 Å². The number of sulfonamides is 1. The van der Waals surface area contributed by atoms with Gasteiger partial charge in [0, 0.05) is 11.6 Å². The van der Waals surface area contributed by atoms with Crippen molar-refractivity contribution in [3.05, 3.63) is 51.4 Å². The van der Waals surface area contributed by atoms with Crippen LogP contribution in [0.1, 0.15) is 5.56 Å². The fourth-order valence-electron chi connectivity index (χ4n) is 1.56. The highest BCUT2D eigenvalue weighted by Gasteiger charge is 2.15. The molecule has 0 bridgehead atoms. The minimum Gasteiger partial charge on any atom is -0.490 e. The third-order valence-electron chi connectivity index (χ3n) is 2.55. The van der Waals surface area contributed by atoms with E-state index in [2.05, 4.69) is 5.10 Å². The molecule has 22 heavy (non-hydrogen) atoms. The van der Waals surface area contributed by atoms with E-state index >= 15 is 0 Å². The van der Waals surface area contributed by atoms with Crippen molar-refractivity contribution in [3.8, 4) is 5.75 Å². The number of nitrogens with zero attached hydrogens (tertiary/aromatic N) is 2. The molecule has 0 aliphatic rings. The zero-order chi connectivity index (χ0) is 16.2. The summed E-state index contributed by atoms with van der Waals surface area (Å²) in [5.41, 5.74) is 0.133. The molecule has 2 aromatic rings. The number of benzene rings is 1. The van der Waals surface area contributed by atoms with Crippen LogP contribution in [0.2, 0.25) is 0 Å². The van der Waals surface area contributed by atoms with Crippen LogP contribution in [0.5, 0.6) is 5.75 Å². The normalized spacial score (nSPS) is 11.5. The lowest BCUT2D eigenvalue weighted by Crippen LogP contribution is -2.17. The number of methoxy groups -OCH3 is 1. The van der Waals surface area contributed by atoms with Gasteiger partial charge in [0.15, 0.2) is 5.75 Å². The predicted octanol–water partition coefficient (Wildman–Crippen LogP) is 1.98. The summed E-state index contributed by atoms with van der Waals surface area (Å²) in [6.07, 6.45) is 1.18. The maximum absolute atomic E-state index is 11.8. The van der Waals surface area contributed by atoms with Gasteiger partial charge in [-0.25, -0.2) is 0 Å². The first-order chi connectivity index (χ1) is 10.4. The van der Waals surface area contributed by atoms with Gasteiger partial charge < -0.3 is 4.74 Å². The average Bonchev–Trinajstić information content (AvgIpc) is 3.02. The van der Waals surface area contributed by atoms with Crippen LogP contribution >= 0.6 is 11.3 Å². The largest absolute Gasteiger partial charge is 0.490 e. The monoisotopic (exact) mass is 341 g/mol. The Morgan fingerprint density at radius 2 is 2.18 bits per heavy atom. The Balaban J connectivity index is 2.17. The Kier molecular flexibility index (Phi) is 4.73. The SMILES string of the molecule is COc1ccc(/C=N/NS(=O)(=O)c2cccs2)cc1[N+](=O)[O-]. The summed E-state index contributed by atoms with van der Waals surface area (Å²) in [5, 5.41) is 16.1. The number of thiophene rings is 1. The lowest BCUT2D eigenvalue weighted by Gasteiger charge is -2.02. The molecule has 8 nitrogen and oxygen atoms in total. The van der Waals surface area contributed by atoms with E-state index < -0.39 is 14.9 Å². The fraction of sp³-hybridized carbons (Fsp3) is 0.0833. The van der Waals surface area contributed by atoms with E-state index in [1.54, 1.807) is 11.4 Å². The van der Waals surface area contributed by atoms with Gasteiger partial charge in [-0.2, -0.15) is 18.4 Å². The molecule has 0 spiro atoms. The maximum Gasteiger partial charge on any atom is 0.311 e. The Bertz CT molecular complexity index is 800. The summed E-state index contributed by atoms with van der Waals surface area (Å²) >= 11 is 1.06. The Morgan fingerprint density at radius 1 is 1.41 bits per heavy atom. The average molecular weight is 341 g/mol. The second-order valence-corrected chi connectivity index (χ2v) is 6.81. The number of nitro benzene ring substituents is 1. The number of rotatable bonds is 6. The lowest BCUT2D eigenvalue weighted by atomic mass is 10.2. The summed E-state index contributed by atoms with van der Waals surface area (Å²) in [6.45, 7) is 0. The molecule has 0 amide bonds. The zero-order valence-electron chi connectivity index (χ0n) is 11.3. The Hall–Kier alpha value is -2.46. The molecule has 0 unspecified atom stereocenters. The minimum atomic E-state index is -3.71. The van der Waals surface area contributed by atoms with E-state index in [-0.39, 0.29) is 15.6 Å². The second-order valence-electron chi connectivity index (χ2n) is 3.97. The third-order valence-corrected chi connectivity index (χ3v) is 5.17. The van der Waals surface area contributed by atoms with E-state index in [4.69, 9.17) is 4.74 Å². The molecule has 0 fully saturated rings. The molecule has 0 aliphatic heterocycles. The van der Waals surface area contributed by atoms with Crippen LogP contribution in [-0.4, -0.2) is 26.7 Å². The van der Waals surface area contributed by atoms with E-state index in [1.807, 2.05) is 4.83 Å². The second kappa shape index (κ2) is 6.54. The predicted molar refractivity (Wildman–Crippen MR) is 81.9 cm³/mol. The Labute approximate surface area is 130 Å². The number of hydrogen-bond acceptors (Lipinski definition) is 7. The minimum absolute atomic E-state index is 0.112. The van der Waals surface area contributed by atoms with Crippen LogP contribution < -0.4 is 9.57 Å².